The zero-order chi connectivity index (χ0) is 14.1. The van der Waals surface area contributed by atoms with Gasteiger partial charge in [0.25, 0.3) is 0 Å². The molecule has 0 saturated heterocycles. The molecule has 3 heteroatoms. The lowest BCUT2D eigenvalue weighted by Crippen LogP contribution is -2.34. The van der Waals surface area contributed by atoms with E-state index in [4.69, 9.17) is 14.2 Å². The first-order chi connectivity index (χ1) is 8.47. The SMILES string of the molecule is COC(CCCC(OC)C(OC)C(C)C)C(C)C. The van der Waals surface area contributed by atoms with Crippen molar-refractivity contribution in [1.82, 2.24) is 0 Å². The predicted molar refractivity (Wildman–Crippen MR) is 75.9 cm³/mol. The number of hydrogen-bond acceptors (Lipinski definition) is 3. The van der Waals surface area contributed by atoms with Crippen LogP contribution >= 0.6 is 0 Å². The lowest BCUT2D eigenvalue weighted by Gasteiger charge is -2.28. The van der Waals surface area contributed by atoms with E-state index < -0.39 is 0 Å². The zero-order valence-corrected chi connectivity index (χ0v) is 13.2. The van der Waals surface area contributed by atoms with Gasteiger partial charge in [0.1, 0.15) is 0 Å². The van der Waals surface area contributed by atoms with Crippen LogP contribution in [0.4, 0.5) is 0 Å². The standard InChI is InChI=1S/C15H32O3/c1-11(2)13(16-5)9-8-10-14(17-6)15(18-7)12(3)4/h11-15H,8-10H2,1-7H3. The second-order valence-electron chi connectivity index (χ2n) is 5.67. The van der Waals surface area contributed by atoms with Crippen molar-refractivity contribution in [3.8, 4) is 0 Å². The zero-order valence-electron chi connectivity index (χ0n) is 13.2. The van der Waals surface area contributed by atoms with Crippen molar-refractivity contribution in [3.63, 3.8) is 0 Å². The average molecular weight is 260 g/mol. The molecule has 0 fully saturated rings. The molecule has 0 spiro atoms. The van der Waals surface area contributed by atoms with Crippen molar-refractivity contribution in [3.05, 3.63) is 0 Å². The molecule has 0 heterocycles. The van der Waals surface area contributed by atoms with Crippen LogP contribution in [0, 0.1) is 11.8 Å². The highest BCUT2D eigenvalue weighted by molar-refractivity contribution is 4.74. The summed E-state index contributed by atoms with van der Waals surface area (Å²) >= 11 is 0. The summed E-state index contributed by atoms with van der Waals surface area (Å²) in [5.74, 6) is 1.04. The smallest absolute Gasteiger partial charge is 0.0855 e. The van der Waals surface area contributed by atoms with Gasteiger partial charge >= 0.3 is 0 Å². The van der Waals surface area contributed by atoms with Crippen LogP contribution in [-0.4, -0.2) is 39.6 Å². The Bertz CT molecular complexity index is 192. The van der Waals surface area contributed by atoms with E-state index in [1.807, 2.05) is 0 Å². The van der Waals surface area contributed by atoms with Gasteiger partial charge in [0.2, 0.25) is 0 Å². The molecule has 3 nitrogen and oxygen atoms in total. The molecule has 0 aromatic rings. The molecule has 3 unspecified atom stereocenters. The van der Waals surface area contributed by atoms with Gasteiger partial charge in [0.15, 0.2) is 0 Å². The van der Waals surface area contributed by atoms with E-state index in [0.29, 0.717) is 17.9 Å². The first-order valence-electron chi connectivity index (χ1n) is 7.06. The van der Waals surface area contributed by atoms with Crippen LogP contribution in [-0.2, 0) is 14.2 Å². The molecule has 0 aliphatic heterocycles. The van der Waals surface area contributed by atoms with E-state index in [2.05, 4.69) is 27.7 Å². The van der Waals surface area contributed by atoms with Crippen LogP contribution in [0.2, 0.25) is 0 Å². The molecule has 0 aliphatic rings. The molecule has 0 aliphatic carbocycles. The van der Waals surface area contributed by atoms with Gasteiger partial charge in [-0.1, -0.05) is 27.7 Å². The van der Waals surface area contributed by atoms with Crippen LogP contribution in [0.5, 0.6) is 0 Å². The van der Waals surface area contributed by atoms with Gasteiger partial charge in [-0.3, -0.25) is 0 Å². The first kappa shape index (κ1) is 17.9. The number of ether oxygens (including phenoxy) is 3. The van der Waals surface area contributed by atoms with E-state index in [0.717, 1.165) is 19.3 Å². The van der Waals surface area contributed by atoms with Crippen LogP contribution < -0.4 is 0 Å². The lowest BCUT2D eigenvalue weighted by molar-refractivity contribution is -0.0634. The summed E-state index contributed by atoms with van der Waals surface area (Å²) in [5, 5.41) is 0. The Morgan fingerprint density at radius 1 is 0.667 bits per heavy atom. The molecule has 0 aromatic carbocycles. The van der Waals surface area contributed by atoms with Gasteiger partial charge in [-0.25, -0.2) is 0 Å². The lowest BCUT2D eigenvalue weighted by atomic mass is 9.95. The number of methoxy groups -OCH3 is 3. The van der Waals surface area contributed by atoms with E-state index >= 15 is 0 Å². The van der Waals surface area contributed by atoms with Gasteiger partial charge in [-0.05, 0) is 31.1 Å². The van der Waals surface area contributed by atoms with Crippen molar-refractivity contribution >= 4 is 0 Å². The third kappa shape index (κ3) is 6.17. The van der Waals surface area contributed by atoms with Crippen LogP contribution in [0.15, 0.2) is 0 Å². The third-order valence-corrected chi connectivity index (χ3v) is 3.62. The number of hydrogen-bond donors (Lipinski definition) is 0. The van der Waals surface area contributed by atoms with Gasteiger partial charge < -0.3 is 14.2 Å². The van der Waals surface area contributed by atoms with Crippen LogP contribution in [0.25, 0.3) is 0 Å². The second-order valence-corrected chi connectivity index (χ2v) is 5.67. The van der Waals surface area contributed by atoms with Gasteiger partial charge in [0.05, 0.1) is 18.3 Å². The summed E-state index contributed by atoms with van der Waals surface area (Å²) in [6.45, 7) is 8.75. The molecule has 0 bridgehead atoms. The van der Waals surface area contributed by atoms with Crippen LogP contribution in [0.3, 0.4) is 0 Å². The minimum absolute atomic E-state index is 0.176. The van der Waals surface area contributed by atoms with Crippen molar-refractivity contribution in [2.24, 2.45) is 11.8 Å². The molecule has 0 radical (unpaired) electrons. The van der Waals surface area contributed by atoms with Gasteiger partial charge in [-0.2, -0.15) is 0 Å². The highest BCUT2D eigenvalue weighted by atomic mass is 16.5. The molecule has 0 saturated carbocycles. The highest BCUT2D eigenvalue weighted by Gasteiger charge is 2.24. The quantitative estimate of drug-likeness (QED) is 0.601. The van der Waals surface area contributed by atoms with Crippen molar-refractivity contribution < 1.29 is 14.2 Å². The Morgan fingerprint density at radius 2 is 1.17 bits per heavy atom. The maximum atomic E-state index is 5.57. The van der Waals surface area contributed by atoms with E-state index in [9.17, 15) is 0 Å². The van der Waals surface area contributed by atoms with Gasteiger partial charge in [0, 0.05) is 21.3 Å². The molecule has 110 valence electrons. The summed E-state index contributed by atoms with van der Waals surface area (Å²) in [7, 11) is 5.34. The summed E-state index contributed by atoms with van der Waals surface area (Å²) in [6.07, 6.45) is 3.93. The third-order valence-electron chi connectivity index (χ3n) is 3.62. The first-order valence-corrected chi connectivity index (χ1v) is 7.06. The maximum absolute atomic E-state index is 5.57. The fourth-order valence-electron chi connectivity index (χ4n) is 2.51. The molecule has 0 aromatic heterocycles. The predicted octanol–water partition coefficient (Wildman–Crippen LogP) is 3.51. The summed E-state index contributed by atoms with van der Waals surface area (Å²) in [5.41, 5.74) is 0. The Labute approximate surface area is 113 Å². The largest absolute Gasteiger partial charge is 0.381 e. The molecule has 0 N–H and O–H groups in total. The van der Waals surface area contributed by atoms with E-state index in [1.54, 1.807) is 21.3 Å². The molecule has 0 amide bonds. The van der Waals surface area contributed by atoms with Gasteiger partial charge in [-0.15, -0.1) is 0 Å². The fraction of sp³-hybridized carbons (Fsp3) is 1.00. The molecule has 18 heavy (non-hydrogen) atoms. The van der Waals surface area contributed by atoms with Crippen LogP contribution in [0.1, 0.15) is 47.0 Å². The molecule has 3 atom stereocenters. The summed E-state index contributed by atoms with van der Waals surface area (Å²) < 4.78 is 16.6. The van der Waals surface area contributed by atoms with Crippen molar-refractivity contribution in [2.45, 2.75) is 65.3 Å². The number of rotatable bonds is 10. The Kier molecular flexibility index (Phi) is 9.70. The minimum atomic E-state index is 0.176. The van der Waals surface area contributed by atoms with Crippen molar-refractivity contribution in [1.29, 1.82) is 0 Å². The molecule has 0 rings (SSSR count). The molecular formula is C15H32O3. The maximum Gasteiger partial charge on any atom is 0.0855 e. The minimum Gasteiger partial charge on any atom is -0.381 e. The average Bonchev–Trinajstić information content (AvgIpc) is 2.32. The monoisotopic (exact) mass is 260 g/mol. The van der Waals surface area contributed by atoms with E-state index in [1.165, 1.54) is 0 Å². The summed E-state index contributed by atoms with van der Waals surface area (Å²) in [4.78, 5) is 0. The highest BCUT2D eigenvalue weighted by Crippen LogP contribution is 2.20. The Hall–Kier alpha value is -0.120. The summed E-state index contributed by atoms with van der Waals surface area (Å²) in [6, 6.07) is 0. The fourth-order valence-corrected chi connectivity index (χ4v) is 2.51. The Morgan fingerprint density at radius 3 is 1.50 bits per heavy atom. The second kappa shape index (κ2) is 9.76. The van der Waals surface area contributed by atoms with Crippen molar-refractivity contribution in [2.75, 3.05) is 21.3 Å². The molecular weight excluding hydrogens is 228 g/mol. The Balaban J connectivity index is 4.14. The normalized spacial score (nSPS) is 17.2. The van der Waals surface area contributed by atoms with E-state index in [-0.39, 0.29) is 12.2 Å². The topological polar surface area (TPSA) is 27.7 Å².